The number of halogens is 3. The zero-order chi connectivity index (χ0) is 16.0. The quantitative estimate of drug-likeness (QED) is 0.658. The maximum Gasteiger partial charge on any atom is 0.145 e. The minimum atomic E-state index is -0.641. The molecule has 0 bridgehead atoms. The molecule has 1 N–H and O–H groups in total. The molecule has 0 saturated heterocycles. The Balaban J connectivity index is 3.41. The molecule has 1 aromatic carbocycles. The van der Waals surface area contributed by atoms with Crippen molar-refractivity contribution in [1.82, 2.24) is 5.32 Å². The van der Waals surface area contributed by atoms with Crippen molar-refractivity contribution >= 4 is 15.9 Å². The molecular formula is C16H24BrF2NO. The summed E-state index contributed by atoms with van der Waals surface area (Å²) >= 11 is 3.14. The topological polar surface area (TPSA) is 21.3 Å². The van der Waals surface area contributed by atoms with E-state index in [9.17, 15) is 8.78 Å². The van der Waals surface area contributed by atoms with Crippen LogP contribution in [0.15, 0.2) is 16.6 Å². The fraction of sp³-hybridized carbons (Fsp3) is 0.625. The maximum atomic E-state index is 14.5. The van der Waals surface area contributed by atoms with Crippen molar-refractivity contribution in [1.29, 1.82) is 0 Å². The van der Waals surface area contributed by atoms with E-state index in [-0.39, 0.29) is 10.0 Å². The first-order chi connectivity index (χ1) is 9.97. The summed E-state index contributed by atoms with van der Waals surface area (Å²) in [4.78, 5) is 0. The van der Waals surface area contributed by atoms with Crippen LogP contribution in [0, 0.1) is 11.6 Å². The summed E-state index contributed by atoms with van der Waals surface area (Å²) in [5.41, 5.74) is -0.596. The molecule has 0 aliphatic heterocycles. The lowest BCUT2D eigenvalue weighted by Crippen LogP contribution is -2.46. The van der Waals surface area contributed by atoms with Gasteiger partial charge >= 0.3 is 0 Å². The smallest absolute Gasteiger partial charge is 0.145 e. The van der Waals surface area contributed by atoms with Crippen LogP contribution in [0.25, 0.3) is 0 Å². The van der Waals surface area contributed by atoms with Gasteiger partial charge in [0.15, 0.2) is 0 Å². The molecule has 0 radical (unpaired) electrons. The third-order valence-corrected chi connectivity index (χ3v) is 4.71. The summed E-state index contributed by atoms with van der Waals surface area (Å²) < 4.78 is 34.7. The Kier molecular flexibility index (Phi) is 7.24. The number of nitrogens with one attached hydrogen (secondary N) is 1. The molecule has 0 fully saturated rings. The van der Waals surface area contributed by atoms with Crippen LogP contribution >= 0.6 is 15.9 Å². The second kappa shape index (κ2) is 8.20. The van der Waals surface area contributed by atoms with Crippen LogP contribution in [-0.2, 0) is 4.74 Å². The number of hydrogen-bond donors (Lipinski definition) is 1. The molecule has 1 unspecified atom stereocenters. The summed E-state index contributed by atoms with van der Waals surface area (Å²) in [5, 5.41) is 3.26. The van der Waals surface area contributed by atoms with Crippen LogP contribution in [0.3, 0.4) is 0 Å². The highest BCUT2D eigenvalue weighted by Crippen LogP contribution is 2.38. The largest absolute Gasteiger partial charge is 0.376 e. The summed E-state index contributed by atoms with van der Waals surface area (Å²) in [7, 11) is 1.60. The van der Waals surface area contributed by atoms with Crippen molar-refractivity contribution in [2.24, 2.45) is 0 Å². The third kappa shape index (κ3) is 3.82. The molecular weight excluding hydrogens is 340 g/mol. The SMILES string of the molecule is CCCNC(c1c(F)ccc(Br)c1F)C(CC)(CC)OC. The molecule has 0 spiro atoms. The first-order valence-corrected chi connectivity index (χ1v) is 8.18. The Morgan fingerprint density at radius 1 is 1.24 bits per heavy atom. The standard InChI is InChI=1S/C16H24BrF2NO/c1-5-10-20-15(16(6-2,7-3)21-4)13-12(18)9-8-11(17)14(13)19/h8-9,15,20H,5-7,10H2,1-4H3. The van der Waals surface area contributed by atoms with E-state index in [2.05, 4.69) is 21.2 Å². The first-order valence-electron chi connectivity index (χ1n) is 7.39. The van der Waals surface area contributed by atoms with E-state index in [4.69, 9.17) is 4.74 Å². The molecule has 1 aromatic rings. The number of methoxy groups -OCH3 is 1. The van der Waals surface area contributed by atoms with E-state index in [0.717, 1.165) is 6.42 Å². The van der Waals surface area contributed by atoms with Gasteiger partial charge in [-0.15, -0.1) is 0 Å². The summed E-state index contributed by atoms with van der Waals surface area (Å²) in [6.07, 6.45) is 2.19. The summed E-state index contributed by atoms with van der Waals surface area (Å²) in [6, 6.07) is 2.14. The average Bonchev–Trinajstić information content (AvgIpc) is 2.50. The van der Waals surface area contributed by atoms with Crippen molar-refractivity contribution in [2.45, 2.75) is 51.7 Å². The van der Waals surface area contributed by atoms with Crippen LogP contribution in [-0.4, -0.2) is 19.3 Å². The Labute approximate surface area is 134 Å². The van der Waals surface area contributed by atoms with Gasteiger partial charge in [-0.25, -0.2) is 8.78 Å². The molecule has 0 saturated carbocycles. The van der Waals surface area contributed by atoms with Gasteiger partial charge < -0.3 is 10.1 Å². The monoisotopic (exact) mass is 363 g/mol. The van der Waals surface area contributed by atoms with Gasteiger partial charge in [0.05, 0.1) is 16.1 Å². The van der Waals surface area contributed by atoms with Crippen LogP contribution in [0.1, 0.15) is 51.6 Å². The van der Waals surface area contributed by atoms with Crippen LogP contribution in [0.2, 0.25) is 0 Å². The van der Waals surface area contributed by atoms with E-state index in [1.54, 1.807) is 7.11 Å². The zero-order valence-electron chi connectivity index (χ0n) is 13.1. The van der Waals surface area contributed by atoms with E-state index >= 15 is 0 Å². The molecule has 21 heavy (non-hydrogen) atoms. The van der Waals surface area contributed by atoms with Gasteiger partial charge in [-0.05, 0) is 53.9 Å². The highest BCUT2D eigenvalue weighted by atomic mass is 79.9. The Hall–Kier alpha value is -0.520. The van der Waals surface area contributed by atoms with Crippen molar-refractivity contribution in [3.05, 3.63) is 33.8 Å². The zero-order valence-corrected chi connectivity index (χ0v) is 14.7. The number of hydrogen-bond acceptors (Lipinski definition) is 2. The van der Waals surface area contributed by atoms with Gasteiger partial charge in [-0.1, -0.05) is 20.8 Å². The van der Waals surface area contributed by atoms with E-state index in [0.29, 0.717) is 19.4 Å². The first kappa shape index (κ1) is 18.5. The Morgan fingerprint density at radius 2 is 1.86 bits per heavy atom. The second-order valence-electron chi connectivity index (χ2n) is 5.12. The lowest BCUT2D eigenvalue weighted by atomic mass is 9.83. The van der Waals surface area contributed by atoms with Crippen LogP contribution in [0.4, 0.5) is 8.78 Å². The van der Waals surface area contributed by atoms with Gasteiger partial charge in [0.25, 0.3) is 0 Å². The van der Waals surface area contributed by atoms with Crippen LogP contribution in [0.5, 0.6) is 0 Å². The predicted octanol–water partition coefficient (Wildman–Crippen LogP) is 4.97. The molecule has 0 aliphatic carbocycles. The second-order valence-corrected chi connectivity index (χ2v) is 5.97. The molecule has 0 aliphatic rings. The molecule has 0 aromatic heterocycles. The highest BCUT2D eigenvalue weighted by molar-refractivity contribution is 9.10. The highest BCUT2D eigenvalue weighted by Gasteiger charge is 2.39. The fourth-order valence-corrected chi connectivity index (χ4v) is 3.06. The summed E-state index contributed by atoms with van der Waals surface area (Å²) in [6.45, 7) is 6.63. The van der Waals surface area contributed by atoms with Gasteiger partial charge in [0.2, 0.25) is 0 Å². The number of benzene rings is 1. The lowest BCUT2D eigenvalue weighted by molar-refractivity contribution is -0.0502. The molecule has 0 amide bonds. The molecule has 120 valence electrons. The van der Waals surface area contributed by atoms with Gasteiger partial charge in [-0.3, -0.25) is 0 Å². The van der Waals surface area contributed by atoms with Crippen molar-refractivity contribution in [2.75, 3.05) is 13.7 Å². The summed E-state index contributed by atoms with van der Waals surface area (Å²) in [5.74, 6) is -1.11. The van der Waals surface area contributed by atoms with Crippen molar-refractivity contribution in [3.8, 4) is 0 Å². The van der Waals surface area contributed by atoms with E-state index in [1.165, 1.54) is 12.1 Å². The molecule has 2 nitrogen and oxygen atoms in total. The minimum absolute atomic E-state index is 0.0448. The van der Waals surface area contributed by atoms with E-state index < -0.39 is 23.3 Å². The number of rotatable bonds is 8. The minimum Gasteiger partial charge on any atom is -0.376 e. The normalized spacial score (nSPS) is 13.5. The van der Waals surface area contributed by atoms with Gasteiger partial charge in [0, 0.05) is 12.7 Å². The van der Waals surface area contributed by atoms with Crippen molar-refractivity contribution < 1.29 is 13.5 Å². The molecule has 1 atom stereocenters. The Bertz CT molecular complexity index is 456. The lowest BCUT2D eigenvalue weighted by Gasteiger charge is -2.39. The van der Waals surface area contributed by atoms with E-state index in [1.807, 2.05) is 20.8 Å². The predicted molar refractivity (Wildman–Crippen MR) is 85.4 cm³/mol. The average molecular weight is 364 g/mol. The molecule has 5 heteroatoms. The third-order valence-electron chi connectivity index (χ3n) is 4.10. The van der Waals surface area contributed by atoms with Gasteiger partial charge in [-0.2, -0.15) is 0 Å². The fourth-order valence-electron chi connectivity index (χ4n) is 2.71. The van der Waals surface area contributed by atoms with Crippen molar-refractivity contribution in [3.63, 3.8) is 0 Å². The van der Waals surface area contributed by atoms with Crippen LogP contribution < -0.4 is 5.32 Å². The molecule has 1 rings (SSSR count). The molecule has 0 heterocycles. The number of ether oxygens (including phenoxy) is 1. The Morgan fingerprint density at radius 3 is 2.33 bits per heavy atom. The van der Waals surface area contributed by atoms with Gasteiger partial charge in [0.1, 0.15) is 11.6 Å². The maximum absolute atomic E-state index is 14.5.